The van der Waals surface area contributed by atoms with E-state index in [0.29, 0.717) is 0 Å². The van der Waals surface area contributed by atoms with E-state index < -0.39 is 43.5 Å². The van der Waals surface area contributed by atoms with Gasteiger partial charge in [0.15, 0.2) is 0 Å². The van der Waals surface area contributed by atoms with Gasteiger partial charge in [-0.2, -0.15) is 0 Å². The smallest absolute Gasteiger partial charge is 0.321 e. The minimum Gasteiger partial charge on any atom is -0.480 e. The molecule has 0 rings (SSSR count). The highest BCUT2D eigenvalue weighted by molar-refractivity contribution is 5.95. The van der Waals surface area contributed by atoms with Crippen LogP contribution in [0.1, 0.15) is 0 Å². The number of rotatable bonds is 6. The van der Waals surface area contributed by atoms with Crippen LogP contribution < -0.4 is 10.6 Å². The highest BCUT2D eigenvalue weighted by Crippen LogP contribution is 1.88. The molecule has 17 heavy (non-hydrogen) atoms. The van der Waals surface area contributed by atoms with Crippen LogP contribution in [0.2, 0.25) is 0 Å². The third kappa shape index (κ3) is 7.73. The minimum absolute atomic E-state index is 0.494. The second-order valence-corrected chi connectivity index (χ2v) is 3.06. The summed E-state index contributed by atoms with van der Waals surface area (Å²) in [5.74, 6) is -3.31. The van der Waals surface area contributed by atoms with Gasteiger partial charge in [0.2, 0.25) is 5.91 Å². The molecule has 0 aromatic rings. The quantitative estimate of drug-likeness (QED) is 0.422. The Kier molecular flexibility index (Phi) is 6.26. The van der Waals surface area contributed by atoms with E-state index in [4.69, 9.17) is 10.2 Å². The number of imide groups is 1. The van der Waals surface area contributed by atoms with Crippen molar-refractivity contribution in [3.8, 4) is 0 Å². The predicted octanol–water partition coefficient (Wildman–Crippen LogP) is -2.09. The molecular formula is C8H13N3O6. The van der Waals surface area contributed by atoms with Gasteiger partial charge in [-0.25, -0.2) is 4.79 Å². The fraction of sp³-hybridized carbons (Fsp3) is 0.500. The molecule has 0 spiro atoms. The van der Waals surface area contributed by atoms with Gasteiger partial charge in [-0.15, -0.1) is 0 Å². The molecule has 0 saturated carbocycles. The fourth-order valence-electron chi connectivity index (χ4n) is 0.982. The van der Waals surface area contributed by atoms with Crippen LogP contribution in [-0.2, 0) is 14.4 Å². The normalized spacial score (nSPS) is 9.76. The molecule has 9 nitrogen and oxygen atoms in total. The maximum atomic E-state index is 11.2. The number of hydrogen-bond acceptors (Lipinski definition) is 5. The van der Waals surface area contributed by atoms with E-state index in [0.717, 1.165) is 4.90 Å². The van der Waals surface area contributed by atoms with Crippen molar-refractivity contribution < 1.29 is 29.4 Å². The van der Waals surface area contributed by atoms with Crippen molar-refractivity contribution in [3.63, 3.8) is 0 Å². The molecule has 0 radical (unpaired) electrons. The lowest BCUT2D eigenvalue weighted by Crippen LogP contribution is -2.46. The van der Waals surface area contributed by atoms with Crippen LogP contribution in [0.5, 0.6) is 0 Å². The van der Waals surface area contributed by atoms with Crippen molar-refractivity contribution in [1.29, 1.82) is 0 Å². The molecule has 0 unspecified atom stereocenters. The Morgan fingerprint density at radius 1 is 1.00 bits per heavy atom. The van der Waals surface area contributed by atoms with E-state index in [-0.39, 0.29) is 0 Å². The Morgan fingerprint density at radius 3 is 1.82 bits per heavy atom. The number of aliphatic carboxylic acids is 2. The number of hydrogen-bond donors (Lipinski definition) is 4. The molecule has 0 aliphatic carbocycles. The van der Waals surface area contributed by atoms with Crippen molar-refractivity contribution in [1.82, 2.24) is 15.5 Å². The van der Waals surface area contributed by atoms with E-state index in [1.807, 2.05) is 5.32 Å². The summed E-state index contributed by atoms with van der Waals surface area (Å²) in [4.78, 5) is 43.6. The van der Waals surface area contributed by atoms with Crippen molar-refractivity contribution in [2.24, 2.45) is 0 Å². The zero-order valence-corrected chi connectivity index (χ0v) is 9.10. The number of carbonyl (C=O) groups excluding carboxylic acids is 2. The number of urea groups is 1. The largest absolute Gasteiger partial charge is 0.480 e. The number of nitrogens with one attached hydrogen (secondary N) is 2. The number of carboxylic acids is 2. The van der Waals surface area contributed by atoms with Gasteiger partial charge in [0.1, 0.15) is 0 Å². The molecule has 96 valence electrons. The third-order valence-corrected chi connectivity index (χ3v) is 1.56. The van der Waals surface area contributed by atoms with Gasteiger partial charge < -0.3 is 15.5 Å². The molecule has 0 saturated heterocycles. The van der Waals surface area contributed by atoms with Gasteiger partial charge in [-0.1, -0.05) is 0 Å². The summed E-state index contributed by atoms with van der Waals surface area (Å²) in [6.45, 7) is -1.70. The molecule has 0 bridgehead atoms. The highest BCUT2D eigenvalue weighted by Gasteiger charge is 2.17. The number of carbonyl (C=O) groups is 4. The number of carboxylic acid groups (broad SMARTS) is 2. The van der Waals surface area contributed by atoms with Gasteiger partial charge >= 0.3 is 18.0 Å². The lowest BCUT2D eigenvalue weighted by atomic mass is 10.4. The molecule has 0 aliphatic heterocycles. The summed E-state index contributed by atoms with van der Waals surface area (Å²) in [5, 5.41) is 21.0. The Hall–Kier alpha value is -2.16. The van der Waals surface area contributed by atoms with Crippen LogP contribution in [-0.4, -0.2) is 65.7 Å². The Balaban J connectivity index is 4.31. The van der Waals surface area contributed by atoms with E-state index in [1.54, 1.807) is 0 Å². The molecule has 0 aliphatic rings. The zero-order chi connectivity index (χ0) is 13.4. The van der Waals surface area contributed by atoms with Crippen LogP contribution in [0.4, 0.5) is 4.79 Å². The lowest BCUT2D eigenvalue weighted by Gasteiger charge is -2.16. The standard InChI is InChI=1S/C8H13N3O6/c1-9-8(17)10-5(12)2-11(3-6(13)14)4-7(15)16/h2-4H2,1H3,(H,13,14)(H,15,16)(H2,9,10,12,17). The van der Waals surface area contributed by atoms with Gasteiger partial charge in [0, 0.05) is 7.05 Å². The second-order valence-electron chi connectivity index (χ2n) is 3.06. The lowest BCUT2D eigenvalue weighted by molar-refractivity contribution is -0.142. The molecular weight excluding hydrogens is 234 g/mol. The average molecular weight is 247 g/mol. The van der Waals surface area contributed by atoms with Gasteiger partial charge in [-0.05, 0) is 0 Å². The SMILES string of the molecule is CNC(=O)NC(=O)CN(CC(=O)O)CC(=O)O. The molecule has 0 aromatic carbocycles. The molecule has 3 amide bonds. The van der Waals surface area contributed by atoms with E-state index >= 15 is 0 Å². The second kappa shape index (κ2) is 7.17. The summed E-state index contributed by atoms with van der Waals surface area (Å²) in [5.41, 5.74) is 0. The molecule has 0 aromatic heterocycles. The molecule has 0 atom stereocenters. The maximum Gasteiger partial charge on any atom is 0.321 e. The van der Waals surface area contributed by atoms with Crippen molar-refractivity contribution in [3.05, 3.63) is 0 Å². The number of amides is 3. The van der Waals surface area contributed by atoms with Crippen molar-refractivity contribution in [2.75, 3.05) is 26.7 Å². The highest BCUT2D eigenvalue weighted by atomic mass is 16.4. The molecule has 9 heteroatoms. The van der Waals surface area contributed by atoms with Crippen LogP contribution >= 0.6 is 0 Å². The monoisotopic (exact) mass is 247 g/mol. The molecule has 0 heterocycles. The van der Waals surface area contributed by atoms with Crippen molar-refractivity contribution >= 4 is 23.9 Å². The van der Waals surface area contributed by atoms with E-state index in [9.17, 15) is 19.2 Å². The van der Waals surface area contributed by atoms with Gasteiger partial charge in [-0.3, -0.25) is 24.6 Å². The van der Waals surface area contributed by atoms with Crippen LogP contribution in [0.15, 0.2) is 0 Å². The summed E-state index contributed by atoms with van der Waals surface area (Å²) in [7, 11) is 1.30. The topological polar surface area (TPSA) is 136 Å². The van der Waals surface area contributed by atoms with Crippen LogP contribution in [0.25, 0.3) is 0 Å². The summed E-state index contributed by atoms with van der Waals surface area (Å²) in [6.07, 6.45) is 0. The Bertz CT molecular complexity index is 313. The Morgan fingerprint density at radius 2 is 1.47 bits per heavy atom. The Labute approximate surface area is 96.4 Å². The fourth-order valence-corrected chi connectivity index (χ4v) is 0.982. The predicted molar refractivity (Wildman–Crippen MR) is 54.3 cm³/mol. The summed E-state index contributed by atoms with van der Waals surface area (Å²) >= 11 is 0. The first-order valence-electron chi connectivity index (χ1n) is 4.52. The first kappa shape index (κ1) is 14.8. The maximum absolute atomic E-state index is 11.2. The third-order valence-electron chi connectivity index (χ3n) is 1.56. The van der Waals surface area contributed by atoms with E-state index in [1.165, 1.54) is 7.05 Å². The number of nitrogens with zero attached hydrogens (tertiary/aromatic N) is 1. The minimum atomic E-state index is -1.26. The van der Waals surface area contributed by atoms with Gasteiger partial charge in [0.05, 0.1) is 19.6 Å². The van der Waals surface area contributed by atoms with Crippen molar-refractivity contribution in [2.45, 2.75) is 0 Å². The summed E-state index contributed by atoms with van der Waals surface area (Å²) < 4.78 is 0. The van der Waals surface area contributed by atoms with Crippen LogP contribution in [0, 0.1) is 0 Å². The van der Waals surface area contributed by atoms with Gasteiger partial charge in [0.25, 0.3) is 0 Å². The average Bonchev–Trinajstić information content (AvgIpc) is 2.14. The van der Waals surface area contributed by atoms with E-state index in [2.05, 4.69) is 5.32 Å². The first-order valence-corrected chi connectivity index (χ1v) is 4.52. The molecule has 4 N–H and O–H groups in total. The zero-order valence-electron chi connectivity index (χ0n) is 9.10. The molecule has 0 fully saturated rings. The first-order chi connectivity index (χ1) is 7.85. The summed E-state index contributed by atoms with van der Waals surface area (Å²) in [6, 6.07) is -0.749. The van der Waals surface area contributed by atoms with Crippen LogP contribution in [0.3, 0.4) is 0 Å².